The summed E-state index contributed by atoms with van der Waals surface area (Å²) < 4.78 is 36.8. The summed E-state index contributed by atoms with van der Waals surface area (Å²) in [6.07, 6.45) is 0. The van der Waals surface area contributed by atoms with E-state index in [2.05, 4.69) is 4.72 Å². The second-order valence-corrected chi connectivity index (χ2v) is 7.15. The van der Waals surface area contributed by atoms with E-state index < -0.39 is 22.0 Å². The van der Waals surface area contributed by atoms with Crippen molar-refractivity contribution in [2.75, 3.05) is 13.7 Å². The second kappa shape index (κ2) is 8.30. The standard InChI is InChI=1S/C16H16ClNO6S/c1-23-10-15(16(19)20)18-25(21,22)14-8-6-13(7-9-14)24-12-4-2-11(17)3-5-12/h2-9,15,18H,10H2,1H3,(H,19,20)/t15-/m0/s1. The van der Waals surface area contributed by atoms with E-state index in [0.717, 1.165) is 0 Å². The number of halogens is 1. The lowest BCUT2D eigenvalue weighted by atomic mass is 10.3. The molecular formula is C16H16ClNO6S. The molecule has 0 amide bonds. The summed E-state index contributed by atoms with van der Waals surface area (Å²) >= 11 is 5.79. The van der Waals surface area contributed by atoms with Crippen LogP contribution in [-0.4, -0.2) is 39.3 Å². The number of sulfonamides is 1. The summed E-state index contributed by atoms with van der Waals surface area (Å²) in [5.41, 5.74) is 0. The third-order valence-electron chi connectivity index (χ3n) is 3.11. The highest BCUT2D eigenvalue weighted by Gasteiger charge is 2.25. The minimum atomic E-state index is -4.01. The highest BCUT2D eigenvalue weighted by molar-refractivity contribution is 7.89. The Kier molecular flexibility index (Phi) is 6.38. The maximum absolute atomic E-state index is 12.2. The fourth-order valence-corrected chi connectivity index (χ4v) is 3.20. The zero-order valence-electron chi connectivity index (χ0n) is 13.2. The van der Waals surface area contributed by atoms with E-state index in [-0.39, 0.29) is 11.5 Å². The molecule has 9 heteroatoms. The molecule has 0 heterocycles. The second-order valence-electron chi connectivity index (χ2n) is 4.99. The fraction of sp³-hybridized carbons (Fsp3) is 0.188. The molecule has 2 N–H and O–H groups in total. The number of ether oxygens (including phenoxy) is 2. The zero-order chi connectivity index (χ0) is 18.4. The van der Waals surface area contributed by atoms with Crippen molar-refractivity contribution in [3.63, 3.8) is 0 Å². The quantitative estimate of drug-likeness (QED) is 0.723. The van der Waals surface area contributed by atoms with Crippen LogP contribution in [0.1, 0.15) is 0 Å². The molecule has 0 spiro atoms. The van der Waals surface area contributed by atoms with Crippen LogP contribution < -0.4 is 9.46 Å². The van der Waals surface area contributed by atoms with Gasteiger partial charge in [0.05, 0.1) is 11.5 Å². The largest absolute Gasteiger partial charge is 0.480 e. The smallest absolute Gasteiger partial charge is 0.324 e. The van der Waals surface area contributed by atoms with Crippen molar-refractivity contribution in [3.05, 3.63) is 53.6 Å². The number of carbonyl (C=O) groups is 1. The molecule has 7 nitrogen and oxygen atoms in total. The summed E-state index contributed by atoms with van der Waals surface area (Å²) in [7, 11) is -2.72. The van der Waals surface area contributed by atoms with Crippen LogP contribution >= 0.6 is 11.6 Å². The minimum absolute atomic E-state index is 0.0849. The van der Waals surface area contributed by atoms with Crippen LogP contribution in [0.25, 0.3) is 0 Å². The van der Waals surface area contributed by atoms with E-state index >= 15 is 0 Å². The molecule has 0 radical (unpaired) electrons. The predicted octanol–water partition coefficient (Wildman–Crippen LogP) is 2.51. The lowest BCUT2D eigenvalue weighted by Crippen LogP contribution is -2.43. The summed E-state index contributed by atoms with van der Waals surface area (Å²) in [6.45, 7) is -0.285. The van der Waals surface area contributed by atoms with Gasteiger partial charge in [-0.25, -0.2) is 8.42 Å². The number of hydrogen-bond donors (Lipinski definition) is 2. The van der Waals surface area contributed by atoms with Crippen molar-refractivity contribution < 1.29 is 27.8 Å². The number of methoxy groups -OCH3 is 1. The van der Waals surface area contributed by atoms with Gasteiger partial charge in [0.2, 0.25) is 10.0 Å². The molecule has 134 valence electrons. The molecule has 0 aliphatic heterocycles. The van der Waals surface area contributed by atoms with Crippen LogP contribution in [0.2, 0.25) is 5.02 Å². The van der Waals surface area contributed by atoms with Gasteiger partial charge in [0.1, 0.15) is 17.5 Å². The molecule has 0 aliphatic rings. The zero-order valence-corrected chi connectivity index (χ0v) is 14.8. The van der Waals surface area contributed by atoms with Gasteiger partial charge >= 0.3 is 5.97 Å². The van der Waals surface area contributed by atoms with Crippen LogP contribution in [0.5, 0.6) is 11.5 Å². The van der Waals surface area contributed by atoms with Gasteiger partial charge in [0, 0.05) is 12.1 Å². The predicted molar refractivity (Wildman–Crippen MR) is 91.6 cm³/mol. The van der Waals surface area contributed by atoms with Crippen molar-refractivity contribution in [2.45, 2.75) is 10.9 Å². The van der Waals surface area contributed by atoms with Crippen molar-refractivity contribution in [2.24, 2.45) is 0 Å². The average molecular weight is 386 g/mol. The molecule has 0 aliphatic carbocycles. The van der Waals surface area contributed by atoms with Crippen LogP contribution in [0.15, 0.2) is 53.4 Å². The third-order valence-corrected chi connectivity index (χ3v) is 4.85. The molecule has 0 bridgehead atoms. The maximum atomic E-state index is 12.2. The molecule has 0 saturated heterocycles. The lowest BCUT2D eigenvalue weighted by Gasteiger charge is -2.14. The van der Waals surface area contributed by atoms with Gasteiger partial charge < -0.3 is 14.6 Å². The molecule has 1 atom stereocenters. The molecule has 25 heavy (non-hydrogen) atoms. The maximum Gasteiger partial charge on any atom is 0.324 e. The average Bonchev–Trinajstić information content (AvgIpc) is 2.57. The highest BCUT2D eigenvalue weighted by atomic mass is 35.5. The molecule has 0 saturated carbocycles. The number of benzene rings is 2. The number of carboxylic acid groups (broad SMARTS) is 1. The van der Waals surface area contributed by atoms with Gasteiger partial charge in [-0.15, -0.1) is 0 Å². The third kappa shape index (κ3) is 5.43. The first kappa shape index (κ1) is 19.2. The van der Waals surface area contributed by atoms with Gasteiger partial charge in [-0.3, -0.25) is 4.79 Å². The normalized spacial score (nSPS) is 12.6. The number of carboxylic acids is 1. The Morgan fingerprint density at radius 2 is 1.64 bits per heavy atom. The van der Waals surface area contributed by atoms with E-state index in [0.29, 0.717) is 16.5 Å². The van der Waals surface area contributed by atoms with Crippen molar-refractivity contribution in [1.82, 2.24) is 4.72 Å². The van der Waals surface area contributed by atoms with E-state index in [1.807, 2.05) is 0 Å². The van der Waals surface area contributed by atoms with Gasteiger partial charge in [-0.05, 0) is 48.5 Å². The Labute approximate surface area is 150 Å². The van der Waals surface area contributed by atoms with Gasteiger partial charge in [0.15, 0.2) is 0 Å². The van der Waals surface area contributed by atoms with Crippen molar-refractivity contribution in [3.8, 4) is 11.5 Å². The van der Waals surface area contributed by atoms with Crippen LogP contribution in [0.3, 0.4) is 0 Å². The Morgan fingerprint density at radius 3 is 2.12 bits per heavy atom. The number of hydrogen-bond acceptors (Lipinski definition) is 5. The fourth-order valence-electron chi connectivity index (χ4n) is 1.90. The van der Waals surface area contributed by atoms with Crippen LogP contribution in [0.4, 0.5) is 0 Å². The monoisotopic (exact) mass is 385 g/mol. The first-order valence-corrected chi connectivity index (χ1v) is 8.95. The van der Waals surface area contributed by atoms with Crippen molar-refractivity contribution >= 4 is 27.6 Å². The number of aliphatic carboxylic acids is 1. The van der Waals surface area contributed by atoms with E-state index in [1.165, 1.54) is 31.4 Å². The topological polar surface area (TPSA) is 102 Å². The molecule has 2 rings (SSSR count). The summed E-state index contributed by atoms with van der Waals surface area (Å²) in [6, 6.07) is 10.9. The van der Waals surface area contributed by atoms with Crippen LogP contribution in [0, 0.1) is 0 Å². The SMILES string of the molecule is COC[C@H](NS(=O)(=O)c1ccc(Oc2ccc(Cl)cc2)cc1)C(=O)O. The number of nitrogens with one attached hydrogen (secondary N) is 1. The van der Waals surface area contributed by atoms with Crippen LogP contribution in [-0.2, 0) is 19.6 Å². The van der Waals surface area contributed by atoms with Gasteiger partial charge in [-0.1, -0.05) is 11.6 Å². The van der Waals surface area contributed by atoms with Gasteiger partial charge in [-0.2, -0.15) is 4.72 Å². The molecule has 0 fully saturated rings. The minimum Gasteiger partial charge on any atom is -0.480 e. The Hall–Kier alpha value is -2.13. The van der Waals surface area contributed by atoms with Gasteiger partial charge in [0.25, 0.3) is 0 Å². The van der Waals surface area contributed by atoms with Crippen molar-refractivity contribution in [1.29, 1.82) is 0 Å². The molecule has 0 aromatic heterocycles. The molecular weight excluding hydrogens is 370 g/mol. The molecule has 0 unspecified atom stereocenters. The lowest BCUT2D eigenvalue weighted by molar-refractivity contribution is -0.140. The first-order valence-electron chi connectivity index (χ1n) is 7.09. The Bertz CT molecular complexity index is 821. The number of rotatable bonds is 8. The van der Waals surface area contributed by atoms with E-state index in [4.69, 9.17) is 26.2 Å². The molecule has 2 aromatic rings. The Balaban J connectivity index is 2.12. The molecule has 2 aromatic carbocycles. The summed E-state index contributed by atoms with van der Waals surface area (Å²) in [5, 5.41) is 9.58. The van der Waals surface area contributed by atoms with E-state index in [9.17, 15) is 13.2 Å². The first-order chi connectivity index (χ1) is 11.8. The Morgan fingerprint density at radius 1 is 1.12 bits per heavy atom. The highest BCUT2D eigenvalue weighted by Crippen LogP contribution is 2.24. The summed E-state index contributed by atoms with van der Waals surface area (Å²) in [5.74, 6) is -0.356. The summed E-state index contributed by atoms with van der Waals surface area (Å²) in [4.78, 5) is 11.0. The van der Waals surface area contributed by atoms with E-state index in [1.54, 1.807) is 24.3 Å².